The topological polar surface area (TPSA) is 38.9 Å². The number of halogens is 1. The second-order valence-corrected chi connectivity index (χ2v) is 4.89. The Balaban J connectivity index is 2.98. The monoisotopic (exact) mass is 278 g/mol. The van der Waals surface area contributed by atoms with Crippen molar-refractivity contribution in [2.45, 2.75) is 27.2 Å². The summed E-state index contributed by atoms with van der Waals surface area (Å²) in [4.78, 5) is 4.64. The van der Waals surface area contributed by atoms with Crippen LogP contribution in [0.4, 0.5) is 5.69 Å². The zero-order valence-corrected chi connectivity index (χ0v) is 11.4. The summed E-state index contributed by atoms with van der Waals surface area (Å²) in [6.45, 7) is 6.20. The summed E-state index contributed by atoms with van der Waals surface area (Å²) in [5.74, 6) is 0. The van der Waals surface area contributed by atoms with Crippen molar-refractivity contribution in [2.24, 2.45) is 0 Å². The predicted octanol–water partition coefficient (Wildman–Crippen LogP) is 3.76. The van der Waals surface area contributed by atoms with Crippen molar-refractivity contribution < 1.29 is 0 Å². The van der Waals surface area contributed by atoms with E-state index >= 15 is 0 Å². The maximum absolute atomic E-state index is 6.24. The van der Waals surface area contributed by atoms with Crippen molar-refractivity contribution in [3.05, 3.63) is 33.4 Å². The molecular formula is C13H15BrN2. The maximum Gasteiger partial charge on any atom is 0.0870 e. The lowest BCUT2D eigenvalue weighted by Crippen LogP contribution is -2.02. The first-order chi connectivity index (χ1) is 7.56. The molecule has 0 aliphatic carbocycles. The smallest absolute Gasteiger partial charge is 0.0870 e. The summed E-state index contributed by atoms with van der Waals surface area (Å²) in [5, 5.41) is 1.08. The number of nitrogens with two attached hydrogens (primary N) is 1. The number of aromatic nitrogens is 1. The van der Waals surface area contributed by atoms with E-state index in [9.17, 15) is 0 Å². The number of pyridine rings is 1. The largest absolute Gasteiger partial charge is 0.398 e. The molecule has 2 nitrogen and oxygen atoms in total. The molecule has 0 aliphatic heterocycles. The Morgan fingerprint density at radius 1 is 1.31 bits per heavy atom. The van der Waals surface area contributed by atoms with Crippen LogP contribution in [-0.4, -0.2) is 4.98 Å². The van der Waals surface area contributed by atoms with Gasteiger partial charge in [0, 0.05) is 21.2 Å². The van der Waals surface area contributed by atoms with Crippen LogP contribution in [0.25, 0.3) is 10.9 Å². The molecule has 0 amide bonds. The standard InChI is InChI=1S/C13H15BrN2/c1-4-9-8(3)16-13-10(14)6-5-7(2)11(13)12(9)15/h5-6H,4H2,1-3H3,(H2,15,16). The number of nitrogens with zero attached hydrogens (tertiary/aromatic N) is 1. The summed E-state index contributed by atoms with van der Waals surface area (Å²) in [5.41, 5.74) is 11.4. The average Bonchev–Trinajstić information content (AvgIpc) is 2.24. The van der Waals surface area contributed by atoms with Gasteiger partial charge in [-0.05, 0) is 53.4 Å². The summed E-state index contributed by atoms with van der Waals surface area (Å²) >= 11 is 3.53. The number of hydrogen-bond donors (Lipinski definition) is 1. The van der Waals surface area contributed by atoms with Crippen molar-refractivity contribution in [1.82, 2.24) is 4.98 Å². The van der Waals surface area contributed by atoms with Gasteiger partial charge in [-0.2, -0.15) is 0 Å². The van der Waals surface area contributed by atoms with Gasteiger partial charge >= 0.3 is 0 Å². The molecule has 1 heterocycles. The Kier molecular flexibility index (Phi) is 2.89. The molecule has 0 spiro atoms. The number of fused-ring (bicyclic) bond motifs is 1. The quantitative estimate of drug-likeness (QED) is 0.863. The lowest BCUT2D eigenvalue weighted by Gasteiger charge is -2.13. The Bertz CT molecular complexity index is 562. The van der Waals surface area contributed by atoms with E-state index in [2.05, 4.69) is 40.8 Å². The minimum absolute atomic E-state index is 0.879. The van der Waals surface area contributed by atoms with Crippen LogP contribution in [0.1, 0.15) is 23.7 Å². The molecule has 0 saturated carbocycles. The highest BCUT2D eigenvalue weighted by molar-refractivity contribution is 9.10. The lowest BCUT2D eigenvalue weighted by molar-refractivity contribution is 1.07. The van der Waals surface area contributed by atoms with Gasteiger partial charge < -0.3 is 5.73 Å². The second-order valence-electron chi connectivity index (χ2n) is 4.03. The third-order valence-corrected chi connectivity index (χ3v) is 3.64. The van der Waals surface area contributed by atoms with Crippen LogP contribution in [0.2, 0.25) is 0 Å². The average molecular weight is 279 g/mol. The fraction of sp³-hybridized carbons (Fsp3) is 0.308. The van der Waals surface area contributed by atoms with Gasteiger partial charge in [-0.3, -0.25) is 4.98 Å². The first kappa shape index (κ1) is 11.4. The lowest BCUT2D eigenvalue weighted by atomic mass is 10.0. The van der Waals surface area contributed by atoms with Crippen LogP contribution in [0.15, 0.2) is 16.6 Å². The van der Waals surface area contributed by atoms with Crippen molar-refractivity contribution >= 4 is 32.5 Å². The first-order valence-electron chi connectivity index (χ1n) is 5.40. The van der Waals surface area contributed by atoms with Gasteiger partial charge in [-0.15, -0.1) is 0 Å². The molecule has 3 heteroatoms. The fourth-order valence-electron chi connectivity index (χ4n) is 2.14. The third kappa shape index (κ3) is 1.59. The number of rotatable bonds is 1. The summed E-state index contributed by atoms with van der Waals surface area (Å²) in [6.07, 6.45) is 0.923. The Hall–Kier alpha value is -1.09. The summed E-state index contributed by atoms with van der Waals surface area (Å²) < 4.78 is 1.01. The van der Waals surface area contributed by atoms with Crippen LogP contribution < -0.4 is 5.73 Å². The fourth-order valence-corrected chi connectivity index (χ4v) is 2.56. The highest BCUT2D eigenvalue weighted by Gasteiger charge is 2.12. The van der Waals surface area contributed by atoms with Gasteiger partial charge in [-0.25, -0.2) is 0 Å². The number of aryl methyl sites for hydroxylation is 2. The molecule has 2 rings (SSSR count). The molecule has 1 aromatic carbocycles. The van der Waals surface area contributed by atoms with Crippen molar-refractivity contribution in [2.75, 3.05) is 5.73 Å². The zero-order valence-electron chi connectivity index (χ0n) is 9.76. The molecule has 0 fully saturated rings. The molecule has 0 radical (unpaired) electrons. The van der Waals surface area contributed by atoms with Gasteiger partial charge in [0.15, 0.2) is 0 Å². The molecular weight excluding hydrogens is 264 g/mol. The van der Waals surface area contributed by atoms with E-state index in [4.69, 9.17) is 5.73 Å². The molecule has 2 N–H and O–H groups in total. The van der Waals surface area contributed by atoms with Gasteiger partial charge in [0.1, 0.15) is 0 Å². The molecule has 0 unspecified atom stereocenters. The van der Waals surface area contributed by atoms with E-state index in [0.717, 1.165) is 38.7 Å². The van der Waals surface area contributed by atoms with Gasteiger partial charge in [0.05, 0.1) is 5.52 Å². The minimum Gasteiger partial charge on any atom is -0.398 e. The Morgan fingerprint density at radius 2 is 2.00 bits per heavy atom. The van der Waals surface area contributed by atoms with E-state index in [-0.39, 0.29) is 0 Å². The van der Waals surface area contributed by atoms with Gasteiger partial charge in [0.2, 0.25) is 0 Å². The van der Waals surface area contributed by atoms with Crippen LogP contribution in [0.3, 0.4) is 0 Å². The molecule has 0 saturated heterocycles. The van der Waals surface area contributed by atoms with Crippen molar-refractivity contribution in [3.8, 4) is 0 Å². The van der Waals surface area contributed by atoms with E-state index in [0.29, 0.717) is 0 Å². The van der Waals surface area contributed by atoms with E-state index in [1.54, 1.807) is 0 Å². The predicted molar refractivity (Wildman–Crippen MR) is 72.7 cm³/mol. The van der Waals surface area contributed by atoms with Crippen molar-refractivity contribution in [1.29, 1.82) is 0 Å². The molecule has 0 atom stereocenters. The molecule has 84 valence electrons. The van der Waals surface area contributed by atoms with Crippen LogP contribution >= 0.6 is 15.9 Å². The third-order valence-electron chi connectivity index (χ3n) is 3.00. The number of nitrogen functional groups attached to an aromatic ring is 1. The number of anilines is 1. The van der Waals surface area contributed by atoms with Gasteiger partial charge in [0.25, 0.3) is 0 Å². The SMILES string of the molecule is CCc1c(C)nc2c(Br)ccc(C)c2c1N. The molecule has 2 aromatic rings. The minimum atomic E-state index is 0.879. The number of benzene rings is 1. The van der Waals surface area contributed by atoms with Gasteiger partial charge in [-0.1, -0.05) is 13.0 Å². The van der Waals surface area contributed by atoms with Crippen LogP contribution in [0.5, 0.6) is 0 Å². The molecule has 0 bridgehead atoms. The van der Waals surface area contributed by atoms with E-state index in [1.807, 2.05) is 13.0 Å². The molecule has 1 aromatic heterocycles. The summed E-state index contributed by atoms with van der Waals surface area (Å²) in [7, 11) is 0. The van der Waals surface area contributed by atoms with Crippen LogP contribution in [0, 0.1) is 13.8 Å². The highest BCUT2D eigenvalue weighted by Crippen LogP contribution is 2.32. The Labute approximate surface area is 104 Å². The van der Waals surface area contributed by atoms with Crippen molar-refractivity contribution in [3.63, 3.8) is 0 Å². The summed E-state index contributed by atoms with van der Waals surface area (Å²) in [6, 6.07) is 4.09. The molecule has 16 heavy (non-hydrogen) atoms. The first-order valence-corrected chi connectivity index (χ1v) is 6.19. The Morgan fingerprint density at radius 3 is 2.62 bits per heavy atom. The maximum atomic E-state index is 6.24. The van der Waals surface area contributed by atoms with E-state index in [1.165, 1.54) is 5.56 Å². The zero-order chi connectivity index (χ0) is 11.9. The normalized spacial score (nSPS) is 11.0. The number of hydrogen-bond acceptors (Lipinski definition) is 2. The molecule has 0 aliphatic rings. The van der Waals surface area contributed by atoms with Crippen LogP contribution in [-0.2, 0) is 6.42 Å². The van der Waals surface area contributed by atoms with E-state index < -0.39 is 0 Å². The second kappa shape index (κ2) is 4.06. The highest BCUT2D eigenvalue weighted by atomic mass is 79.9.